The van der Waals surface area contributed by atoms with Crippen LogP contribution in [0, 0.1) is 0 Å². The predicted molar refractivity (Wildman–Crippen MR) is 93.9 cm³/mol. The van der Waals surface area contributed by atoms with E-state index in [9.17, 15) is 0 Å². The van der Waals surface area contributed by atoms with Gasteiger partial charge in [-0.05, 0) is 35.9 Å². The summed E-state index contributed by atoms with van der Waals surface area (Å²) in [7, 11) is 0. The van der Waals surface area contributed by atoms with Gasteiger partial charge in [-0.1, -0.05) is 42.0 Å². The van der Waals surface area contributed by atoms with E-state index < -0.39 is 0 Å². The van der Waals surface area contributed by atoms with Crippen molar-refractivity contribution >= 4 is 40.1 Å². The second-order valence-electron chi connectivity index (χ2n) is 5.39. The lowest BCUT2D eigenvalue weighted by molar-refractivity contribution is 0.248. The Morgan fingerprint density at radius 2 is 2.14 bits per heavy atom. The monoisotopic (exact) mass is 336 g/mol. The van der Waals surface area contributed by atoms with E-state index in [1.54, 1.807) is 0 Å². The molecule has 2 aromatic rings. The fourth-order valence-corrected chi connectivity index (χ4v) is 3.50. The van der Waals surface area contributed by atoms with E-state index in [2.05, 4.69) is 22.4 Å². The van der Waals surface area contributed by atoms with E-state index in [1.165, 1.54) is 17.7 Å². The Morgan fingerprint density at radius 1 is 1.33 bits per heavy atom. The van der Waals surface area contributed by atoms with Crippen LogP contribution in [-0.2, 0) is 13.1 Å². The minimum atomic E-state index is 0.390. The van der Waals surface area contributed by atoms with E-state index in [1.807, 2.05) is 29.5 Å². The number of benzene rings is 1. The minimum Gasteiger partial charge on any atom is -0.389 e. The summed E-state index contributed by atoms with van der Waals surface area (Å²) in [4.78, 5) is 4.30. The van der Waals surface area contributed by atoms with Crippen molar-refractivity contribution in [1.29, 1.82) is 0 Å². The van der Waals surface area contributed by atoms with Crippen LogP contribution in [0.4, 0.5) is 0 Å². The zero-order chi connectivity index (χ0) is 14.8. The summed E-state index contributed by atoms with van der Waals surface area (Å²) in [5, 5.41) is 2.88. The summed E-state index contributed by atoms with van der Waals surface area (Å²) < 4.78 is 0. The molecule has 3 rings (SSSR count). The highest BCUT2D eigenvalue weighted by Crippen LogP contribution is 2.32. The van der Waals surface area contributed by atoms with Crippen molar-refractivity contribution in [1.82, 2.24) is 4.90 Å². The fraction of sp³-hybridized carbons (Fsp3) is 0.312. The van der Waals surface area contributed by atoms with Gasteiger partial charge in [-0.15, -0.1) is 11.3 Å². The first-order chi connectivity index (χ1) is 10.1. The van der Waals surface area contributed by atoms with Crippen molar-refractivity contribution in [3.63, 3.8) is 0 Å². The molecule has 0 unspecified atom stereocenters. The van der Waals surface area contributed by atoms with Crippen LogP contribution in [0.5, 0.6) is 0 Å². The molecule has 5 heteroatoms. The number of hydrogen-bond acceptors (Lipinski definition) is 3. The Balaban J connectivity index is 1.75. The summed E-state index contributed by atoms with van der Waals surface area (Å²) >= 11 is 13.2. The standard InChI is InChI=1S/C16H17ClN2S2/c17-15-8-11(16(18)20)3-4-12(15)9-19(13-5-6-13)10-14-2-1-7-21-14/h1-4,7-8,13H,5-6,9-10H2,(H2,18,20). The molecular weight excluding hydrogens is 320 g/mol. The molecule has 0 aliphatic heterocycles. The van der Waals surface area contributed by atoms with Gasteiger partial charge in [0.25, 0.3) is 0 Å². The molecule has 0 bridgehead atoms. The summed E-state index contributed by atoms with van der Waals surface area (Å²) in [6.45, 7) is 1.87. The third kappa shape index (κ3) is 3.83. The second kappa shape index (κ2) is 6.44. The van der Waals surface area contributed by atoms with Crippen molar-refractivity contribution in [3.05, 3.63) is 56.7 Å². The Kier molecular flexibility index (Phi) is 4.60. The van der Waals surface area contributed by atoms with Gasteiger partial charge in [0.15, 0.2) is 0 Å². The van der Waals surface area contributed by atoms with Crippen molar-refractivity contribution < 1.29 is 0 Å². The first-order valence-electron chi connectivity index (χ1n) is 6.98. The number of thiophene rings is 1. The molecule has 2 nitrogen and oxygen atoms in total. The van der Waals surface area contributed by atoms with Crippen molar-refractivity contribution in [2.75, 3.05) is 0 Å². The predicted octanol–water partition coefficient (Wildman–Crippen LogP) is 4.20. The SMILES string of the molecule is NC(=S)c1ccc(CN(Cc2cccs2)C2CC2)c(Cl)c1. The van der Waals surface area contributed by atoms with Crippen LogP contribution < -0.4 is 5.73 Å². The van der Waals surface area contributed by atoms with Gasteiger partial charge < -0.3 is 5.73 Å². The van der Waals surface area contributed by atoms with Gasteiger partial charge >= 0.3 is 0 Å². The van der Waals surface area contributed by atoms with Crippen LogP contribution in [0.15, 0.2) is 35.7 Å². The summed E-state index contributed by atoms with van der Waals surface area (Å²) in [5.41, 5.74) is 7.61. The lowest BCUT2D eigenvalue weighted by Gasteiger charge is -2.22. The number of nitrogens with two attached hydrogens (primary N) is 1. The minimum absolute atomic E-state index is 0.390. The molecule has 1 aromatic carbocycles. The van der Waals surface area contributed by atoms with Crippen LogP contribution in [0.25, 0.3) is 0 Å². The smallest absolute Gasteiger partial charge is 0.104 e. The first kappa shape index (κ1) is 15.0. The average Bonchev–Trinajstić information content (AvgIpc) is 3.18. The normalized spacial score (nSPS) is 14.6. The second-order valence-corrected chi connectivity index (χ2v) is 7.27. The Hall–Kier alpha value is -0.940. The molecule has 0 spiro atoms. The largest absolute Gasteiger partial charge is 0.389 e. The number of thiocarbonyl (C=S) groups is 1. The highest BCUT2D eigenvalue weighted by Gasteiger charge is 2.29. The molecule has 2 N–H and O–H groups in total. The molecular formula is C16H17ClN2S2. The zero-order valence-electron chi connectivity index (χ0n) is 11.6. The van der Waals surface area contributed by atoms with E-state index in [4.69, 9.17) is 29.6 Å². The van der Waals surface area contributed by atoms with Gasteiger partial charge in [0.05, 0.1) is 0 Å². The Labute approximate surface area is 139 Å². The molecule has 1 fully saturated rings. The fourth-order valence-electron chi connectivity index (χ4n) is 2.40. The van der Waals surface area contributed by atoms with Crippen LogP contribution in [0.3, 0.4) is 0 Å². The van der Waals surface area contributed by atoms with Crippen molar-refractivity contribution in [3.8, 4) is 0 Å². The number of rotatable bonds is 6. The zero-order valence-corrected chi connectivity index (χ0v) is 14.0. The van der Waals surface area contributed by atoms with Crippen LogP contribution in [0.1, 0.15) is 28.8 Å². The molecule has 21 heavy (non-hydrogen) atoms. The molecule has 1 aromatic heterocycles. The maximum atomic E-state index is 6.39. The molecule has 0 radical (unpaired) electrons. The van der Waals surface area contributed by atoms with Crippen LogP contribution >= 0.6 is 35.2 Å². The van der Waals surface area contributed by atoms with Gasteiger partial charge in [-0.2, -0.15) is 0 Å². The van der Waals surface area contributed by atoms with Crippen LogP contribution in [0.2, 0.25) is 5.02 Å². The molecule has 0 amide bonds. The topological polar surface area (TPSA) is 29.3 Å². The number of nitrogens with zero attached hydrogens (tertiary/aromatic N) is 1. The van der Waals surface area contributed by atoms with Crippen molar-refractivity contribution in [2.24, 2.45) is 5.73 Å². The molecule has 1 aliphatic carbocycles. The highest BCUT2D eigenvalue weighted by atomic mass is 35.5. The molecule has 0 atom stereocenters. The Bertz CT molecular complexity index is 636. The lowest BCUT2D eigenvalue weighted by Crippen LogP contribution is -2.24. The quantitative estimate of drug-likeness (QED) is 0.802. The third-order valence-corrected chi connectivity index (χ3v) is 5.16. The maximum Gasteiger partial charge on any atom is 0.104 e. The molecule has 1 aliphatic rings. The van der Waals surface area contributed by atoms with Gasteiger partial charge in [0.2, 0.25) is 0 Å². The van der Waals surface area contributed by atoms with Gasteiger partial charge in [0, 0.05) is 34.6 Å². The number of hydrogen-bond donors (Lipinski definition) is 1. The molecule has 0 saturated heterocycles. The maximum absolute atomic E-state index is 6.39. The van der Waals surface area contributed by atoms with E-state index in [0.717, 1.165) is 29.2 Å². The average molecular weight is 337 g/mol. The number of halogens is 1. The summed E-state index contributed by atoms with van der Waals surface area (Å²) in [6, 6.07) is 10.9. The first-order valence-corrected chi connectivity index (χ1v) is 8.65. The van der Waals surface area contributed by atoms with Crippen LogP contribution in [-0.4, -0.2) is 15.9 Å². The molecule has 1 saturated carbocycles. The van der Waals surface area contributed by atoms with E-state index in [-0.39, 0.29) is 0 Å². The van der Waals surface area contributed by atoms with Gasteiger partial charge in [-0.3, -0.25) is 4.90 Å². The summed E-state index contributed by atoms with van der Waals surface area (Å²) in [5.74, 6) is 0. The molecule has 110 valence electrons. The lowest BCUT2D eigenvalue weighted by atomic mass is 10.1. The van der Waals surface area contributed by atoms with E-state index in [0.29, 0.717) is 11.0 Å². The van der Waals surface area contributed by atoms with Crippen molar-refractivity contribution in [2.45, 2.75) is 32.0 Å². The van der Waals surface area contributed by atoms with Gasteiger partial charge in [0.1, 0.15) is 4.99 Å². The highest BCUT2D eigenvalue weighted by molar-refractivity contribution is 7.80. The molecule has 1 heterocycles. The van der Waals surface area contributed by atoms with Gasteiger partial charge in [-0.25, -0.2) is 0 Å². The third-order valence-electron chi connectivity index (χ3n) is 3.71. The van der Waals surface area contributed by atoms with E-state index >= 15 is 0 Å². The summed E-state index contributed by atoms with van der Waals surface area (Å²) in [6.07, 6.45) is 2.57. The Morgan fingerprint density at radius 3 is 2.71 bits per heavy atom.